The summed E-state index contributed by atoms with van der Waals surface area (Å²) in [7, 11) is 0. The highest BCUT2D eigenvalue weighted by Gasteiger charge is 2.32. The Morgan fingerprint density at radius 1 is 1.16 bits per heavy atom. The topological polar surface area (TPSA) is 65.5 Å². The molecule has 172 valence electrons. The van der Waals surface area contributed by atoms with E-state index in [4.69, 9.17) is 16.7 Å². The van der Waals surface area contributed by atoms with Gasteiger partial charge in [-0.3, -0.25) is 14.7 Å². The maximum Gasteiger partial charge on any atom is 0.416 e. The summed E-state index contributed by atoms with van der Waals surface area (Å²) in [6.07, 6.45) is -1.22. The van der Waals surface area contributed by atoms with Crippen LogP contribution in [0.4, 0.5) is 27.6 Å². The summed E-state index contributed by atoms with van der Waals surface area (Å²) in [5.41, 5.74) is 0.0783. The fourth-order valence-corrected chi connectivity index (χ4v) is 3.47. The average molecular weight is 476 g/mol. The molecular weight excluding hydrogens is 457 g/mol. The number of carbonyl (C=O) groups excluding carboxylic acids is 1. The number of aliphatic hydroxyl groups excluding tert-OH is 1. The van der Waals surface area contributed by atoms with Crippen LogP contribution in [0.1, 0.15) is 23.2 Å². The van der Waals surface area contributed by atoms with Crippen LogP contribution in [-0.4, -0.2) is 47.1 Å². The first-order valence-electron chi connectivity index (χ1n) is 9.53. The van der Waals surface area contributed by atoms with Gasteiger partial charge in [0.15, 0.2) is 0 Å². The van der Waals surface area contributed by atoms with Gasteiger partial charge in [-0.25, -0.2) is 0 Å². The van der Waals surface area contributed by atoms with Crippen molar-refractivity contribution in [2.75, 3.05) is 31.6 Å². The molecule has 0 bridgehead atoms. The van der Waals surface area contributed by atoms with Crippen LogP contribution in [0.25, 0.3) is 5.57 Å². The summed E-state index contributed by atoms with van der Waals surface area (Å²) in [5.74, 6) is -3.82. The number of rotatable bonds is 6. The van der Waals surface area contributed by atoms with E-state index in [1.54, 1.807) is 6.08 Å². The second kappa shape index (κ2) is 9.51. The Labute approximate surface area is 185 Å². The number of benzene rings is 1. The van der Waals surface area contributed by atoms with Gasteiger partial charge in [0.05, 0.1) is 22.8 Å². The number of aliphatic hydroxyl groups is 1. The SMILES string of the molecule is O=C(CN1CC=C(c2ncc(C(F)(F)CO)cc2Cl)CC1)Nc1ccc(C(F)(F)F)cc1. The zero-order valence-corrected chi connectivity index (χ0v) is 17.4. The lowest BCUT2D eigenvalue weighted by Crippen LogP contribution is -2.36. The number of alkyl halides is 5. The molecule has 2 heterocycles. The van der Waals surface area contributed by atoms with E-state index in [2.05, 4.69) is 10.3 Å². The van der Waals surface area contributed by atoms with Crippen molar-refractivity contribution in [2.45, 2.75) is 18.5 Å². The highest BCUT2D eigenvalue weighted by Crippen LogP contribution is 2.33. The van der Waals surface area contributed by atoms with Gasteiger partial charge in [0.1, 0.15) is 6.61 Å². The molecule has 1 amide bonds. The lowest BCUT2D eigenvalue weighted by molar-refractivity contribution is -0.137. The van der Waals surface area contributed by atoms with Gasteiger partial charge in [-0.1, -0.05) is 17.7 Å². The molecule has 0 radical (unpaired) electrons. The van der Waals surface area contributed by atoms with Gasteiger partial charge in [0.2, 0.25) is 5.91 Å². The normalized spacial score (nSPS) is 15.4. The van der Waals surface area contributed by atoms with Gasteiger partial charge in [-0.05, 0) is 42.3 Å². The largest absolute Gasteiger partial charge is 0.416 e. The van der Waals surface area contributed by atoms with Crippen molar-refractivity contribution in [3.63, 3.8) is 0 Å². The van der Waals surface area contributed by atoms with Gasteiger partial charge in [-0.15, -0.1) is 0 Å². The van der Waals surface area contributed by atoms with Gasteiger partial charge in [0, 0.05) is 30.5 Å². The molecule has 0 unspecified atom stereocenters. The number of amides is 1. The molecule has 3 rings (SSSR count). The van der Waals surface area contributed by atoms with Gasteiger partial charge in [0.25, 0.3) is 5.92 Å². The number of nitrogens with one attached hydrogen (secondary N) is 1. The zero-order chi connectivity index (χ0) is 23.5. The van der Waals surface area contributed by atoms with Gasteiger partial charge in [-0.2, -0.15) is 22.0 Å². The number of hydrogen-bond donors (Lipinski definition) is 2. The number of carbonyl (C=O) groups is 1. The van der Waals surface area contributed by atoms with Crippen molar-refractivity contribution < 1.29 is 31.9 Å². The third-order valence-corrected chi connectivity index (χ3v) is 5.21. The highest BCUT2D eigenvalue weighted by atomic mass is 35.5. The van der Waals surface area contributed by atoms with Crippen molar-refractivity contribution in [1.82, 2.24) is 9.88 Å². The fourth-order valence-electron chi connectivity index (χ4n) is 3.18. The Kier molecular flexibility index (Phi) is 7.16. The van der Waals surface area contributed by atoms with E-state index < -0.39 is 29.8 Å². The first-order chi connectivity index (χ1) is 15.0. The highest BCUT2D eigenvalue weighted by molar-refractivity contribution is 6.32. The number of pyridine rings is 1. The number of halogens is 6. The summed E-state index contributed by atoms with van der Waals surface area (Å²) >= 11 is 6.11. The van der Waals surface area contributed by atoms with Crippen LogP contribution >= 0.6 is 11.6 Å². The molecular formula is C21H19ClF5N3O2. The molecule has 0 atom stereocenters. The molecule has 1 aromatic carbocycles. The molecule has 0 spiro atoms. The second-order valence-corrected chi connectivity index (χ2v) is 7.66. The first-order valence-corrected chi connectivity index (χ1v) is 9.91. The Bertz CT molecular complexity index is 1010. The van der Waals surface area contributed by atoms with Crippen LogP contribution in [0.2, 0.25) is 5.02 Å². The fraction of sp³-hybridized carbons (Fsp3) is 0.333. The van der Waals surface area contributed by atoms with Crippen LogP contribution in [0.15, 0.2) is 42.6 Å². The molecule has 1 aromatic heterocycles. The Morgan fingerprint density at radius 3 is 2.38 bits per heavy atom. The molecule has 11 heteroatoms. The average Bonchev–Trinajstić information content (AvgIpc) is 2.74. The monoisotopic (exact) mass is 475 g/mol. The quantitative estimate of drug-likeness (QED) is 0.601. The Hall–Kier alpha value is -2.56. The number of anilines is 1. The van der Waals surface area contributed by atoms with Crippen molar-refractivity contribution >= 4 is 28.8 Å². The molecule has 0 saturated heterocycles. The lowest BCUT2D eigenvalue weighted by Gasteiger charge is -2.26. The van der Waals surface area contributed by atoms with E-state index in [-0.39, 0.29) is 23.2 Å². The summed E-state index contributed by atoms with van der Waals surface area (Å²) < 4.78 is 65.0. The smallest absolute Gasteiger partial charge is 0.390 e. The first kappa shape index (κ1) is 24.1. The molecule has 0 aliphatic carbocycles. The van der Waals surface area contributed by atoms with Gasteiger partial charge < -0.3 is 10.4 Å². The number of nitrogens with zero attached hydrogens (tertiary/aromatic N) is 2. The minimum atomic E-state index is -4.45. The van der Waals surface area contributed by atoms with Crippen LogP contribution in [0.5, 0.6) is 0 Å². The van der Waals surface area contributed by atoms with Crippen molar-refractivity contribution in [2.24, 2.45) is 0 Å². The zero-order valence-electron chi connectivity index (χ0n) is 16.6. The standard InChI is InChI=1S/C21H19ClF5N3O2/c22-17-9-15(20(23,24)12-31)10-28-19(17)13-5-7-30(8-6-13)11-18(32)29-16-3-1-14(2-4-16)21(25,26)27/h1-5,9-10,31H,6-8,11-12H2,(H,29,32). The second-order valence-electron chi connectivity index (χ2n) is 7.25. The maximum atomic E-state index is 13.6. The Morgan fingerprint density at radius 2 is 1.84 bits per heavy atom. The van der Waals surface area contributed by atoms with Crippen LogP contribution in [-0.2, 0) is 16.9 Å². The van der Waals surface area contributed by atoms with E-state index >= 15 is 0 Å². The summed E-state index contributed by atoms with van der Waals surface area (Å²) in [4.78, 5) is 18.0. The van der Waals surface area contributed by atoms with Crippen LogP contribution in [0.3, 0.4) is 0 Å². The van der Waals surface area contributed by atoms with Gasteiger partial charge >= 0.3 is 6.18 Å². The maximum absolute atomic E-state index is 13.6. The van der Waals surface area contributed by atoms with Crippen molar-refractivity contribution in [1.29, 1.82) is 0 Å². The van der Waals surface area contributed by atoms with E-state index in [1.165, 1.54) is 12.1 Å². The minimum Gasteiger partial charge on any atom is -0.390 e. The lowest BCUT2D eigenvalue weighted by atomic mass is 10.0. The molecule has 1 aliphatic heterocycles. The summed E-state index contributed by atoms with van der Waals surface area (Å²) in [6.45, 7) is -0.481. The molecule has 1 aliphatic rings. The van der Waals surface area contributed by atoms with E-state index in [0.29, 0.717) is 25.2 Å². The van der Waals surface area contributed by atoms with Crippen molar-refractivity contribution in [3.8, 4) is 0 Å². The number of hydrogen-bond acceptors (Lipinski definition) is 4. The molecule has 0 saturated carbocycles. The third-order valence-electron chi connectivity index (χ3n) is 4.92. The Balaban J connectivity index is 1.58. The summed E-state index contributed by atoms with van der Waals surface area (Å²) in [5, 5.41) is 11.4. The summed E-state index contributed by atoms with van der Waals surface area (Å²) in [6, 6.07) is 5.23. The molecule has 2 N–H and O–H groups in total. The molecule has 2 aromatic rings. The minimum absolute atomic E-state index is 0.0215. The van der Waals surface area contributed by atoms with Crippen LogP contribution < -0.4 is 5.32 Å². The van der Waals surface area contributed by atoms with E-state index in [1.807, 2.05) is 4.90 Å². The van der Waals surface area contributed by atoms with E-state index in [0.717, 1.165) is 30.0 Å². The molecule has 0 fully saturated rings. The number of aromatic nitrogens is 1. The molecule has 32 heavy (non-hydrogen) atoms. The molecule has 5 nitrogen and oxygen atoms in total. The predicted molar refractivity (Wildman–Crippen MR) is 109 cm³/mol. The van der Waals surface area contributed by atoms with Crippen LogP contribution in [0, 0.1) is 0 Å². The van der Waals surface area contributed by atoms with Crippen molar-refractivity contribution in [3.05, 3.63) is 64.4 Å². The van der Waals surface area contributed by atoms with E-state index in [9.17, 15) is 26.7 Å². The predicted octanol–water partition coefficient (Wildman–Crippen LogP) is 4.57. The third kappa shape index (κ3) is 5.81.